The molecule has 0 aliphatic rings. The van der Waals surface area contributed by atoms with E-state index in [1.165, 1.54) is 28.4 Å². The van der Waals surface area contributed by atoms with Crippen LogP contribution in [0.3, 0.4) is 0 Å². The predicted molar refractivity (Wildman–Crippen MR) is 86.1 cm³/mol. The van der Waals surface area contributed by atoms with Crippen LogP contribution in [0.25, 0.3) is 0 Å². The molecule has 0 bridgehead atoms. The van der Waals surface area contributed by atoms with Gasteiger partial charge >= 0.3 is 0 Å². The monoisotopic (exact) mass is 336 g/mol. The lowest BCUT2D eigenvalue weighted by molar-refractivity contribution is -0.116. The third-order valence-electron chi connectivity index (χ3n) is 3.29. The van der Waals surface area contributed by atoms with Gasteiger partial charge in [-0.25, -0.2) is 0 Å². The Labute approximate surface area is 139 Å². The second-order valence-corrected chi connectivity index (χ2v) is 4.80. The maximum absolute atomic E-state index is 12.1. The summed E-state index contributed by atoms with van der Waals surface area (Å²) in [6.45, 7) is 0. The number of aryl methyl sites for hydroxylation is 1. The van der Waals surface area contributed by atoms with E-state index in [2.05, 4.69) is 10.5 Å². The molecule has 2 rings (SSSR count). The number of carbonyl (C=O) groups is 1. The minimum atomic E-state index is -0.181. The van der Waals surface area contributed by atoms with Crippen molar-refractivity contribution in [3.05, 3.63) is 24.0 Å². The minimum Gasteiger partial charge on any atom is -0.493 e. The maximum Gasteiger partial charge on any atom is 0.254 e. The molecule has 1 amide bonds. The Morgan fingerprint density at radius 1 is 1.04 bits per heavy atom. The van der Waals surface area contributed by atoms with E-state index in [4.69, 9.17) is 23.5 Å². The van der Waals surface area contributed by atoms with Crippen molar-refractivity contribution in [1.29, 1.82) is 0 Å². The summed E-state index contributed by atoms with van der Waals surface area (Å²) in [4.78, 5) is 12.1. The Morgan fingerprint density at radius 3 is 2.21 bits per heavy atom. The number of rotatable bonds is 8. The zero-order valence-electron chi connectivity index (χ0n) is 14.0. The van der Waals surface area contributed by atoms with Crippen LogP contribution in [0.15, 0.2) is 22.7 Å². The van der Waals surface area contributed by atoms with Gasteiger partial charge in [0, 0.05) is 36.7 Å². The first-order chi connectivity index (χ1) is 11.6. The Bertz CT molecular complexity index is 673. The molecule has 130 valence electrons. The number of amides is 1. The van der Waals surface area contributed by atoms with Gasteiger partial charge < -0.3 is 28.8 Å². The van der Waals surface area contributed by atoms with E-state index < -0.39 is 0 Å². The Kier molecular flexibility index (Phi) is 5.89. The Morgan fingerprint density at radius 2 is 1.71 bits per heavy atom. The number of nitrogens with one attached hydrogen (secondary N) is 1. The molecule has 1 aromatic heterocycles. The number of nitrogens with zero attached hydrogens (tertiary/aromatic N) is 1. The van der Waals surface area contributed by atoms with Crippen LogP contribution in [-0.4, -0.2) is 39.5 Å². The van der Waals surface area contributed by atoms with Crippen molar-refractivity contribution < 1.29 is 28.3 Å². The number of ether oxygens (including phenoxy) is 4. The van der Waals surface area contributed by atoms with E-state index in [1.807, 2.05) is 0 Å². The fraction of sp³-hybridized carbons (Fsp3) is 0.375. The van der Waals surface area contributed by atoms with Crippen molar-refractivity contribution in [2.75, 3.05) is 33.8 Å². The lowest BCUT2D eigenvalue weighted by atomic mass is 10.2. The smallest absolute Gasteiger partial charge is 0.254 e. The second kappa shape index (κ2) is 8.09. The van der Waals surface area contributed by atoms with Gasteiger partial charge in [0.2, 0.25) is 11.7 Å². The standard InChI is InChI=1S/C16H20N2O6/c1-20-12-7-10(8-13(21-2)16(12)23-4)17-14(19)6-5-11-9-15(22-3)18-24-11/h7-9H,5-6H2,1-4H3,(H,17,19). The summed E-state index contributed by atoms with van der Waals surface area (Å²) in [5.41, 5.74) is 0.546. The predicted octanol–water partition coefficient (Wildman–Crippen LogP) is 2.28. The largest absolute Gasteiger partial charge is 0.493 e. The number of hydrogen-bond donors (Lipinski definition) is 1. The topological polar surface area (TPSA) is 92.1 Å². The maximum atomic E-state index is 12.1. The summed E-state index contributed by atoms with van der Waals surface area (Å²) < 4.78 is 25.7. The summed E-state index contributed by atoms with van der Waals surface area (Å²) in [7, 11) is 6.05. The number of benzene rings is 1. The molecule has 0 spiro atoms. The van der Waals surface area contributed by atoms with Crippen LogP contribution in [-0.2, 0) is 11.2 Å². The highest BCUT2D eigenvalue weighted by Gasteiger charge is 2.15. The molecule has 0 saturated carbocycles. The third kappa shape index (κ3) is 4.09. The average molecular weight is 336 g/mol. The normalized spacial score (nSPS) is 10.2. The molecule has 0 fully saturated rings. The van der Waals surface area contributed by atoms with Crippen molar-refractivity contribution in [3.63, 3.8) is 0 Å². The van der Waals surface area contributed by atoms with Gasteiger partial charge in [-0.05, 0) is 5.16 Å². The van der Waals surface area contributed by atoms with Crippen molar-refractivity contribution >= 4 is 11.6 Å². The SMILES string of the molecule is COc1cc(CCC(=O)Nc2cc(OC)c(OC)c(OC)c2)on1. The zero-order valence-corrected chi connectivity index (χ0v) is 14.0. The Hall–Kier alpha value is -2.90. The van der Waals surface area contributed by atoms with Gasteiger partial charge in [-0.15, -0.1) is 0 Å². The molecule has 0 aliphatic heterocycles. The quantitative estimate of drug-likeness (QED) is 0.790. The van der Waals surface area contributed by atoms with Gasteiger partial charge in [0.15, 0.2) is 11.5 Å². The molecule has 2 aromatic rings. The number of carbonyl (C=O) groups excluding carboxylic acids is 1. The molecule has 0 aliphatic carbocycles. The molecule has 0 atom stereocenters. The summed E-state index contributed by atoms with van der Waals surface area (Å²) in [5.74, 6) is 2.17. The van der Waals surface area contributed by atoms with E-state index in [9.17, 15) is 4.79 Å². The summed E-state index contributed by atoms with van der Waals surface area (Å²) in [6.07, 6.45) is 0.641. The van der Waals surface area contributed by atoms with Crippen molar-refractivity contribution in [2.24, 2.45) is 0 Å². The molecule has 0 unspecified atom stereocenters. The fourth-order valence-electron chi connectivity index (χ4n) is 2.12. The van der Waals surface area contributed by atoms with E-state index >= 15 is 0 Å². The molecule has 0 radical (unpaired) electrons. The highest BCUT2D eigenvalue weighted by Crippen LogP contribution is 2.39. The summed E-state index contributed by atoms with van der Waals surface area (Å²) in [6, 6.07) is 4.97. The number of aromatic nitrogens is 1. The van der Waals surface area contributed by atoms with Gasteiger partial charge in [0.1, 0.15) is 5.76 Å². The minimum absolute atomic E-state index is 0.181. The summed E-state index contributed by atoms with van der Waals surface area (Å²) in [5, 5.41) is 6.47. The van der Waals surface area contributed by atoms with E-state index in [0.29, 0.717) is 41.0 Å². The molecular weight excluding hydrogens is 316 g/mol. The molecule has 8 heteroatoms. The van der Waals surface area contributed by atoms with Gasteiger partial charge in [-0.3, -0.25) is 4.79 Å². The van der Waals surface area contributed by atoms with E-state index in [-0.39, 0.29) is 12.3 Å². The van der Waals surface area contributed by atoms with Crippen molar-refractivity contribution in [2.45, 2.75) is 12.8 Å². The van der Waals surface area contributed by atoms with Crippen LogP contribution in [0.4, 0.5) is 5.69 Å². The average Bonchev–Trinajstić information content (AvgIpc) is 3.07. The first-order valence-electron chi connectivity index (χ1n) is 7.20. The third-order valence-corrected chi connectivity index (χ3v) is 3.29. The molecule has 1 aromatic carbocycles. The van der Waals surface area contributed by atoms with Crippen LogP contribution in [0, 0.1) is 0 Å². The fourth-order valence-corrected chi connectivity index (χ4v) is 2.12. The highest BCUT2D eigenvalue weighted by molar-refractivity contribution is 5.91. The van der Waals surface area contributed by atoms with Gasteiger partial charge in [0.05, 0.1) is 28.4 Å². The van der Waals surface area contributed by atoms with Gasteiger partial charge in [-0.2, -0.15) is 0 Å². The molecular formula is C16H20N2O6. The van der Waals surface area contributed by atoms with Gasteiger partial charge in [-0.1, -0.05) is 0 Å². The number of hydrogen-bond acceptors (Lipinski definition) is 7. The van der Waals surface area contributed by atoms with Crippen molar-refractivity contribution in [1.82, 2.24) is 5.16 Å². The van der Waals surface area contributed by atoms with Crippen LogP contribution in [0.2, 0.25) is 0 Å². The van der Waals surface area contributed by atoms with Crippen LogP contribution in [0.5, 0.6) is 23.1 Å². The second-order valence-electron chi connectivity index (χ2n) is 4.80. The summed E-state index contributed by atoms with van der Waals surface area (Å²) >= 11 is 0. The number of anilines is 1. The van der Waals surface area contributed by atoms with Crippen LogP contribution >= 0.6 is 0 Å². The zero-order chi connectivity index (χ0) is 17.5. The van der Waals surface area contributed by atoms with Gasteiger partial charge in [0.25, 0.3) is 5.88 Å². The molecule has 1 N–H and O–H groups in total. The van der Waals surface area contributed by atoms with Crippen LogP contribution < -0.4 is 24.3 Å². The Balaban J connectivity index is 2.02. The van der Waals surface area contributed by atoms with Crippen LogP contribution in [0.1, 0.15) is 12.2 Å². The number of methoxy groups -OCH3 is 4. The first-order valence-corrected chi connectivity index (χ1v) is 7.20. The molecule has 0 saturated heterocycles. The first kappa shape index (κ1) is 17.5. The molecule has 24 heavy (non-hydrogen) atoms. The van der Waals surface area contributed by atoms with E-state index in [1.54, 1.807) is 18.2 Å². The molecule has 1 heterocycles. The molecule has 8 nitrogen and oxygen atoms in total. The van der Waals surface area contributed by atoms with E-state index in [0.717, 1.165) is 0 Å². The lowest BCUT2D eigenvalue weighted by Crippen LogP contribution is -2.12. The highest BCUT2D eigenvalue weighted by atomic mass is 16.5. The van der Waals surface area contributed by atoms with Crippen molar-refractivity contribution in [3.8, 4) is 23.1 Å². The lowest BCUT2D eigenvalue weighted by Gasteiger charge is -2.14.